The molecule has 3 heteroatoms. The Labute approximate surface area is 342 Å². The fourth-order valence-corrected chi connectivity index (χ4v) is 7.47. The van der Waals surface area contributed by atoms with Crippen LogP contribution in [0.25, 0.3) is 0 Å². The van der Waals surface area contributed by atoms with E-state index in [0.29, 0.717) is 18.8 Å². The van der Waals surface area contributed by atoms with Gasteiger partial charge in [-0.05, 0) is 96.5 Å². The molecule has 0 saturated heterocycles. The van der Waals surface area contributed by atoms with Crippen LogP contribution in [0, 0.1) is 16.7 Å². The second-order valence-electron chi connectivity index (χ2n) is 17.0. The third-order valence-corrected chi connectivity index (χ3v) is 10.4. The van der Waals surface area contributed by atoms with Crippen LogP contribution in [0.3, 0.4) is 0 Å². The number of aliphatic hydroxyl groups excluding tert-OH is 1. The van der Waals surface area contributed by atoms with Crippen molar-refractivity contribution in [1.82, 2.24) is 0 Å². The number of ether oxygens (including phenoxy) is 1. The SMILES string of the molecule is CC/C=C\C/C=C\C/C=C/CCC(=O)O[C@H]1CC(C)=C(/C=C/C(C)=C\C=C/C(C)=C/C=C/C=C(C)/C=C\C=C(C)/C=C/[C@H]2C(C)=C[C@@H](O)CC2(C)C)C(C)(C)C1. The van der Waals surface area contributed by atoms with Crippen molar-refractivity contribution in [2.75, 3.05) is 0 Å². The van der Waals surface area contributed by atoms with E-state index in [-0.39, 0.29) is 29.0 Å². The molecule has 0 bridgehead atoms. The van der Waals surface area contributed by atoms with Crippen molar-refractivity contribution in [3.05, 3.63) is 167 Å². The number of hydrogen-bond donors (Lipinski definition) is 1. The number of carbonyl (C=O) groups is 1. The third kappa shape index (κ3) is 19.1. The summed E-state index contributed by atoms with van der Waals surface area (Å²) < 4.78 is 5.93. The van der Waals surface area contributed by atoms with Gasteiger partial charge in [-0.1, -0.05) is 196 Å². The molecule has 3 nitrogen and oxygen atoms in total. The molecule has 0 aromatic rings. The van der Waals surface area contributed by atoms with Crippen molar-refractivity contribution < 1.29 is 14.6 Å². The van der Waals surface area contributed by atoms with Crippen molar-refractivity contribution in [3.8, 4) is 0 Å². The maximum Gasteiger partial charge on any atom is 0.306 e. The Kier molecular flexibility index (Phi) is 21.5. The first-order valence-corrected chi connectivity index (χ1v) is 20.8. The molecular weight excluding hydrogens is 685 g/mol. The van der Waals surface area contributed by atoms with Gasteiger partial charge in [-0.3, -0.25) is 4.79 Å². The lowest BCUT2D eigenvalue weighted by molar-refractivity contribution is -0.150. The molecule has 0 heterocycles. The number of aliphatic hydroxyl groups is 1. The summed E-state index contributed by atoms with van der Waals surface area (Å²) in [4.78, 5) is 12.6. The van der Waals surface area contributed by atoms with E-state index in [1.54, 1.807) is 0 Å². The Hall–Kier alpha value is -4.21. The van der Waals surface area contributed by atoms with Crippen molar-refractivity contribution in [1.29, 1.82) is 0 Å². The van der Waals surface area contributed by atoms with E-state index in [0.717, 1.165) is 38.5 Å². The minimum absolute atomic E-state index is 0.0469. The molecule has 0 aromatic carbocycles. The van der Waals surface area contributed by atoms with E-state index < -0.39 is 0 Å². The van der Waals surface area contributed by atoms with Gasteiger partial charge in [-0.2, -0.15) is 0 Å². The number of allylic oxidation sites excluding steroid dienone is 26. The summed E-state index contributed by atoms with van der Waals surface area (Å²) in [6, 6.07) is 0. The van der Waals surface area contributed by atoms with Crippen LogP contribution in [0.1, 0.15) is 128 Å². The molecule has 0 aliphatic heterocycles. The number of esters is 1. The molecule has 56 heavy (non-hydrogen) atoms. The smallest absolute Gasteiger partial charge is 0.306 e. The van der Waals surface area contributed by atoms with Gasteiger partial charge in [-0.25, -0.2) is 0 Å². The zero-order chi connectivity index (χ0) is 41.6. The molecule has 3 atom stereocenters. The molecule has 0 unspecified atom stereocenters. The number of carbonyl (C=O) groups excluding carboxylic acids is 1. The van der Waals surface area contributed by atoms with E-state index in [9.17, 15) is 9.90 Å². The Balaban J connectivity index is 1.84. The molecular formula is C53H74O3. The van der Waals surface area contributed by atoms with Crippen LogP contribution in [-0.4, -0.2) is 23.3 Å². The van der Waals surface area contributed by atoms with Gasteiger partial charge in [0.25, 0.3) is 0 Å². The molecule has 0 amide bonds. The van der Waals surface area contributed by atoms with Crippen LogP contribution in [0.15, 0.2) is 167 Å². The minimum Gasteiger partial charge on any atom is -0.462 e. The van der Waals surface area contributed by atoms with Crippen LogP contribution in [0.2, 0.25) is 0 Å². The van der Waals surface area contributed by atoms with Gasteiger partial charge in [0.05, 0.1) is 6.10 Å². The largest absolute Gasteiger partial charge is 0.462 e. The van der Waals surface area contributed by atoms with Crippen LogP contribution >= 0.6 is 0 Å². The summed E-state index contributed by atoms with van der Waals surface area (Å²) in [6.07, 6.45) is 51.0. The van der Waals surface area contributed by atoms with Gasteiger partial charge in [0.2, 0.25) is 0 Å². The van der Waals surface area contributed by atoms with Gasteiger partial charge in [0.1, 0.15) is 6.10 Å². The average molecular weight is 759 g/mol. The summed E-state index contributed by atoms with van der Waals surface area (Å²) in [6.45, 7) is 23.9. The summed E-state index contributed by atoms with van der Waals surface area (Å²) in [5.41, 5.74) is 8.58. The third-order valence-electron chi connectivity index (χ3n) is 10.4. The topological polar surface area (TPSA) is 46.5 Å². The highest BCUT2D eigenvalue weighted by atomic mass is 16.5. The summed E-state index contributed by atoms with van der Waals surface area (Å²) in [7, 11) is 0. The summed E-state index contributed by atoms with van der Waals surface area (Å²) in [5, 5.41) is 10.1. The molecule has 1 N–H and O–H groups in total. The highest BCUT2D eigenvalue weighted by Gasteiger charge is 2.35. The van der Waals surface area contributed by atoms with Gasteiger partial charge in [0, 0.05) is 18.8 Å². The highest BCUT2D eigenvalue weighted by molar-refractivity contribution is 5.69. The fourth-order valence-electron chi connectivity index (χ4n) is 7.47. The van der Waals surface area contributed by atoms with Crippen molar-refractivity contribution in [2.45, 2.75) is 140 Å². The Morgan fingerprint density at radius 1 is 0.750 bits per heavy atom. The second-order valence-corrected chi connectivity index (χ2v) is 17.0. The predicted molar refractivity (Wildman–Crippen MR) is 244 cm³/mol. The van der Waals surface area contributed by atoms with Crippen LogP contribution < -0.4 is 0 Å². The zero-order valence-electron chi connectivity index (χ0n) is 36.8. The molecule has 0 saturated carbocycles. The maximum absolute atomic E-state index is 12.6. The lowest BCUT2D eigenvalue weighted by Crippen LogP contribution is -2.32. The van der Waals surface area contributed by atoms with Gasteiger partial charge in [-0.15, -0.1) is 0 Å². The molecule has 2 rings (SSSR count). The van der Waals surface area contributed by atoms with E-state index in [1.807, 2.05) is 6.08 Å². The molecule has 2 aliphatic rings. The Morgan fingerprint density at radius 2 is 1.29 bits per heavy atom. The first kappa shape index (κ1) is 47.9. The summed E-state index contributed by atoms with van der Waals surface area (Å²) in [5.74, 6) is 0.232. The normalized spacial score (nSPS) is 23.2. The number of hydrogen-bond acceptors (Lipinski definition) is 3. The molecule has 0 radical (unpaired) electrons. The lowest BCUT2D eigenvalue weighted by Gasteiger charge is -2.38. The first-order valence-electron chi connectivity index (χ1n) is 20.8. The minimum atomic E-state index is -0.339. The Morgan fingerprint density at radius 3 is 1.86 bits per heavy atom. The van der Waals surface area contributed by atoms with Crippen molar-refractivity contribution in [2.24, 2.45) is 16.7 Å². The van der Waals surface area contributed by atoms with Gasteiger partial charge in [0.15, 0.2) is 0 Å². The van der Waals surface area contributed by atoms with E-state index in [4.69, 9.17) is 4.74 Å². The van der Waals surface area contributed by atoms with E-state index >= 15 is 0 Å². The highest BCUT2D eigenvalue weighted by Crippen LogP contribution is 2.43. The Bertz CT molecular complexity index is 1710. The van der Waals surface area contributed by atoms with Crippen LogP contribution in [-0.2, 0) is 9.53 Å². The average Bonchev–Trinajstić information content (AvgIpc) is 3.09. The summed E-state index contributed by atoms with van der Waals surface area (Å²) >= 11 is 0. The monoisotopic (exact) mass is 759 g/mol. The number of rotatable bonds is 19. The first-order chi connectivity index (χ1) is 26.5. The molecule has 0 fully saturated rings. The van der Waals surface area contributed by atoms with Gasteiger partial charge < -0.3 is 9.84 Å². The molecule has 0 aromatic heterocycles. The van der Waals surface area contributed by atoms with Crippen molar-refractivity contribution in [3.63, 3.8) is 0 Å². The zero-order valence-corrected chi connectivity index (χ0v) is 36.8. The fraction of sp³-hybridized carbons (Fsp3) is 0.453. The molecule has 0 spiro atoms. The maximum atomic E-state index is 12.6. The van der Waals surface area contributed by atoms with E-state index in [1.165, 1.54) is 39.0 Å². The lowest BCUT2D eigenvalue weighted by atomic mass is 9.67. The van der Waals surface area contributed by atoms with Crippen molar-refractivity contribution >= 4 is 5.97 Å². The van der Waals surface area contributed by atoms with Crippen LogP contribution in [0.4, 0.5) is 0 Å². The van der Waals surface area contributed by atoms with E-state index in [2.05, 4.69) is 198 Å². The quantitative estimate of drug-likeness (QED) is 0.0811. The molecule has 304 valence electrons. The second kappa shape index (κ2) is 25.1. The standard InChI is InChI=1S/C53H74O3/c1-12-13-14-15-16-17-18-19-20-21-32-51(55)56-48-38-46(7)50(53(10,11)40-48)36-34-44(5)31-25-29-42(3)27-23-22-26-41(2)28-24-30-43(4)33-35-49-45(6)37-47(54)39-52(49,8)9/h13-14,16-17,19-20,22-31,33-37,47-49,54H,12,15,18,21,32,38-40H2,1-11H3/b14-13-,17-16-,20-19+,23-22+,28-24-,29-25-,35-33+,36-34+,41-26+,42-27+,43-30-,44-31-/t47-,48+,49+/m1/s1. The van der Waals surface area contributed by atoms with Crippen LogP contribution in [0.5, 0.6) is 0 Å². The van der Waals surface area contributed by atoms with Gasteiger partial charge >= 0.3 is 5.97 Å². The predicted octanol–water partition coefficient (Wildman–Crippen LogP) is 14.6. The molecule has 2 aliphatic carbocycles.